The average Bonchev–Trinajstić information content (AvgIpc) is 2.69. The second-order valence-corrected chi connectivity index (χ2v) is 5.96. The molecule has 0 bridgehead atoms. The van der Waals surface area contributed by atoms with Crippen LogP contribution in [0.4, 0.5) is 5.69 Å². The normalized spacial score (nSPS) is 10.0. The molecular weight excluding hydrogens is 344 g/mol. The molecule has 0 fully saturated rings. The number of hydrogen-bond donors (Lipinski definition) is 2. The van der Waals surface area contributed by atoms with E-state index in [1.807, 2.05) is 66.7 Å². The molecule has 0 saturated carbocycles. The Bertz CT molecular complexity index is 909. The van der Waals surface area contributed by atoms with Crippen LogP contribution in [0.3, 0.4) is 0 Å². The smallest absolute Gasteiger partial charge is 0.257 e. The molecule has 26 heavy (non-hydrogen) atoms. The molecule has 3 aromatic rings. The van der Waals surface area contributed by atoms with Crippen molar-refractivity contribution >= 4 is 28.9 Å². The van der Waals surface area contributed by atoms with Gasteiger partial charge in [-0.15, -0.1) is 0 Å². The summed E-state index contributed by atoms with van der Waals surface area (Å²) in [5.74, 6) is 0.383. The van der Waals surface area contributed by atoms with E-state index >= 15 is 0 Å². The van der Waals surface area contributed by atoms with Crippen LogP contribution in [0.5, 0.6) is 5.75 Å². The van der Waals surface area contributed by atoms with E-state index in [9.17, 15) is 4.79 Å². The molecule has 0 heterocycles. The van der Waals surface area contributed by atoms with Crippen molar-refractivity contribution in [1.29, 1.82) is 0 Å². The number of nitrogens with one attached hydrogen (secondary N) is 2. The molecule has 0 saturated heterocycles. The van der Waals surface area contributed by atoms with Gasteiger partial charge in [0.05, 0.1) is 12.8 Å². The molecule has 0 aromatic heterocycles. The van der Waals surface area contributed by atoms with E-state index < -0.39 is 0 Å². The number of para-hydroxylation sites is 2. The van der Waals surface area contributed by atoms with Crippen LogP contribution in [0, 0.1) is 0 Å². The molecule has 0 aliphatic rings. The zero-order valence-corrected chi connectivity index (χ0v) is 15.0. The Morgan fingerprint density at radius 3 is 2.15 bits per heavy atom. The second kappa shape index (κ2) is 8.27. The maximum atomic E-state index is 12.4. The molecule has 0 unspecified atom stereocenters. The molecule has 0 spiro atoms. The summed E-state index contributed by atoms with van der Waals surface area (Å²) in [6, 6.07) is 24.8. The Kier molecular flexibility index (Phi) is 5.61. The Morgan fingerprint density at radius 1 is 0.846 bits per heavy atom. The highest BCUT2D eigenvalue weighted by Crippen LogP contribution is 2.23. The number of methoxy groups -OCH3 is 1. The number of amides is 1. The molecule has 0 radical (unpaired) electrons. The molecule has 0 aliphatic heterocycles. The Balaban J connectivity index is 1.65. The summed E-state index contributed by atoms with van der Waals surface area (Å²) in [6.07, 6.45) is 0. The molecule has 5 heteroatoms. The van der Waals surface area contributed by atoms with E-state index in [2.05, 4.69) is 10.6 Å². The van der Waals surface area contributed by atoms with E-state index in [-0.39, 0.29) is 11.0 Å². The zero-order valence-electron chi connectivity index (χ0n) is 14.2. The van der Waals surface area contributed by atoms with Crippen molar-refractivity contribution in [3.63, 3.8) is 0 Å². The van der Waals surface area contributed by atoms with Crippen LogP contribution in [-0.2, 0) is 0 Å². The standard InChI is InChI=1S/C21H18N2O2S/c1-25-19-10-6-5-9-18(19)22-21(26)23-20(24)17-13-11-16(12-14-17)15-7-3-2-4-8-15/h2-14H,1H3,(H2,22,23,24,26). The van der Waals surface area contributed by atoms with Gasteiger partial charge < -0.3 is 10.1 Å². The van der Waals surface area contributed by atoms with Crippen LogP contribution in [0.25, 0.3) is 11.1 Å². The molecular formula is C21H18N2O2S. The monoisotopic (exact) mass is 362 g/mol. The summed E-state index contributed by atoms with van der Waals surface area (Å²) in [5, 5.41) is 5.87. The van der Waals surface area contributed by atoms with Crippen LogP contribution in [0.15, 0.2) is 78.9 Å². The topological polar surface area (TPSA) is 50.4 Å². The van der Waals surface area contributed by atoms with Gasteiger partial charge in [-0.1, -0.05) is 54.6 Å². The molecule has 0 atom stereocenters. The number of anilines is 1. The number of carbonyl (C=O) groups is 1. The van der Waals surface area contributed by atoms with E-state index in [4.69, 9.17) is 17.0 Å². The summed E-state index contributed by atoms with van der Waals surface area (Å²) in [6.45, 7) is 0. The van der Waals surface area contributed by atoms with Gasteiger partial charge in [0, 0.05) is 5.56 Å². The maximum absolute atomic E-state index is 12.4. The first-order chi connectivity index (χ1) is 12.7. The van der Waals surface area contributed by atoms with Gasteiger partial charge in [0.1, 0.15) is 5.75 Å². The number of benzene rings is 3. The van der Waals surface area contributed by atoms with Crippen molar-refractivity contribution in [2.75, 3.05) is 12.4 Å². The van der Waals surface area contributed by atoms with Gasteiger partial charge in [0.15, 0.2) is 5.11 Å². The van der Waals surface area contributed by atoms with Gasteiger partial charge in [-0.2, -0.15) is 0 Å². The lowest BCUT2D eigenvalue weighted by molar-refractivity contribution is 0.0977. The minimum absolute atomic E-state index is 0.214. The highest BCUT2D eigenvalue weighted by Gasteiger charge is 2.10. The van der Waals surface area contributed by atoms with Crippen LogP contribution in [0.2, 0.25) is 0 Å². The SMILES string of the molecule is COc1ccccc1NC(=S)NC(=O)c1ccc(-c2ccccc2)cc1. The van der Waals surface area contributed by atoms with Gasteiger partial charge in [-0.05, 0) is 47.6 Å². The summed E-state index contributed by atoms with van der Waals surface area (Å²) in [5.41, 5.74) is 3.39. The quantitative estimate of drug-likeness (QED) is 0.672. The van der Waals surface area contributed by atoms with Crippen molar-refractivity contribution in [2.45, 2.75) is 0 Å². The summed E-state index contributed by atoms with van der Waals surface area (Å²) in [7, 11) is 1.58. The molecule has 3 aromatic carbocycles. The second-order valence-electron chi connectivity index (χ2n) is 5.55. The number of hydrogen-bond acceptors (Lipinski definition) is 3. The van der Waals surface area contributed by atoms with Gasteiger partial charge in [-0.25, -0.2) is 0 Å². The van der Waals surface area contributed by atoms with Crippen molar-refractivity contribution in [3.8, 4) is 16.9 Å². The fourth-order valence-electron chi connectivity index (χ4n) is 2.52. The minimum atomic E-state index is -0.267. The first kappa shape index (κ1) is 17.6. The van der Waals surface area contributed by atoms with E-state index in [0.29, 0.717) is 17.0 Å². The molecule has 1 amide bonds. The lowest BCUT2D eigenvalue weighted by Crippen LogP contribution is -2.34. The first-order valence-corrected chi connectivity index (χ1v) is 8.49. The number of rotatable bonds is 4. The fourth-order valence-corrected chi connectivity index (χ4v) is 2.72. The zero-order chi connectivity index (χ0) is 18.4. The largest absolute Gasteiger partial charge is 0.495 e. The van der Waals surface area contributed by atoms with E-state index in [1.54, 1.807) is 19.2 Å². The minimum Gasteiger partial charge on any atom is -0.495 e. The third kappa shape index (κ3) is 4.26. The third-order valence-corrected chi connectivity index (χ3v) is 4.04. The van der Waals surface area contributed by atoms with Crippen LogP contribution in [-0.4, -0.2) is 18.1 Å². The molecule has 3 rings (SSSR count). The van der Waals surface area contributed by atoms with Gasteiger partial charge in [0.2, 0.25) is 0 Å². The lowest BCUT2D eigenvalue weighted by Gasteiger charge is -2.12. The van der Waals surface area contributed by atoms with Gasteiger partial charge in [0.25, 0.3) is 5.91 Å². The average molecular weight is 362 g/mol. The maximum Gasteiger partial charge on any atom is 0.257 e. The summed E-state index contributed by atoms with van der Waals surface area (Å²) >= 11 is 5.22. The number of thiocarbonyl (C=S) groups is 1. The predicted molar refractivity (Wildman–Crippen MR) is 109 cm³/mol. The molecule has 4 nitrogen and oxygen atoms in total. The highest BCUT2D eigenvalue weighted by molar-refractivity contribution is 7.80. The first-order valence-electron chi connectivity index (χ1n) is 8.08. The molecule has 130 valence electrons. The lowest BCUT2D eigenvalue weighted by atomic mass is 10.0. The highest BCUT2D eigenvalue weighted by atomic mass is 32.1. The summed E-state index contributed by atoms with van der Waals surface area (Å²) < 4.78 is 5.26. The van der Waals surface area contributed by atoms with Crippen LogP contribution in [0.1, 0.15) is 10.4 Å². The Hall–Kier alpha value is -3.18. The Morgan fingerprint density at radius 2 is 1.46 bits per heavy atom. The molecule has 2 N–H and O–H groups in total. The van der Waals surface area contributed by atoms with Crippen molar-refractivity contribution in [2.24, 2.45) is 0 Å². The van der Waals surface area contributed by atoms with E-state index in [1.165, 1.54) is 0 Å². The number of ether oxygens (including phenoxy) is 1. The Labute approximate surface area is 157 Å². The van der Waals surface area contributed by atoms with Crippen LogP contribution >= 0.6 is 12.2 Å². The van der Waals surface area contributed by atoms with Gasteiger partial charge >= 0.3 is 0 Å². The molecule has 0 aliphatic carbocycles. The summed E-state index contributed by atoms with van der Waals surface area (Å²) in [4.78, 5) is 12.4. The van der Waals surface area contributed by atoms with E-state index in [0.717, 1.165) is 11.1 Å². The predicted octanol–water partition coefficient (Wildman–Crippen LogP) is 4.49. The van der Waals surface area contributed by atoms with Gasteiger partial charge in [-0.3, -0.25) is 10.1 Å². The van der Waals surface area contributed by atoms with Crippen LogP contribution < -0.4 is 15.4 Å². The van der Waals surface area contributed by atoms with Crippen molar-refractivity contribution in [3.05, 3.63) is 84.4 Å². The number of carbonyl (C=O) groups excluding carboxylic acids is 1. The van der Waals surface area contributed by atoms with Crippen molar-refractivity contribution in [1.82, 2.24) is 5.32 Å². The van der Waals surface area contributed by atoms with Crippen molar-refractivity contribution < 1.29 is 9.53 Å². The fraction of sp³-hybridized carbons (Fsp3) is 0.0476. The third-order valence-electron chi connectivity index (χ3n) is 3.84.